The van der Waals surface area contributed by atoms with E-state index >= 15 is 0 Å². The fourth-order valence-corrected chi connectivity index (χ4v) is 3.06. The fraction of sp³-hybridized carbons (Fsp3) is 0.571. The number of hydrogen-bond acceptors (Lipinski definition) is 0. The highest BCUT2D eigenvalue weighted by atomic mass is 79.9. The maximum Gasteiger partial charge on any atom is 0.0191 e. The largest absolute Gasteiger partial charge is 0.0887 e. The van der Waals surface area contributed by atoms with Gasteiger partial charge in [0, 0.05) is 4.83 Å². The third kappa shape index (κ3) is 5.36. The van der Waals surface area contributed by atoms with Gasteiger partial charge in [-0.3, -0.25) is 0 Å². The first kappa shape index (κ1) is 12.8. The molecule has 0 saturated heterocycles. The zero-order valence-electron chi connectivity index (χ0n) is 10.2. The lowest BCUT2D eigenvalue weighted by Gasteiger charge is -2.22. The SMILES string of the molecule is Cc1ccc(CC(Br)CC(C)(C)C)cc1. The van der Waals surface area contributed by atoms with Gasteiger partial charge >= 0.3 is 0 Å². The molecular weight excluding hydrogens is 248 g/mol. The van der Waals surface area contributed by atoms with Crippen molar-refractivity contribution in [2.45, 2.75) is 45.4 Å². The van der Waals surface area contributed by atoms with Gasteiger partial charge in [0.15, 0.2) is 0 Å². The molecule has 1 unspecified atom stereocenters. The molecule has 0 aliphatic rings. The van der Waals surface area contributed by atoms with E-state index in [4.69, 9.17) is 0 Å². The van der Waals surface area contributed by atoms with Crippen LogP contribution in [0.1, 0.15) is 38.3 Å². The Balaban J connectivity index is 2.51. The van der Waals surface area contributed by atoms with Crippen molar-refractivity contribution >= 4 is 15.9 Å². The highest BCUT2D eigenvalue weighted by Crippen LogP contribution is 2.26. The minimum absolute atomic E-state index is 0.402. The molecule has 1 rings (SSSR count). The molecule has 0 saturated carbocycles. The van der Waals surface area contributed by atoms with Crippen LogP contribution in [-0.4, -0.2) is 4.83 Å². The molecular formula is C14H21Br. The van der Waals surface area contributed by atoms with Crippen molar-refractivity contribution in [3.63, 3.8) is 0 Å². The van der Waals surface area contributed by atoms with Crippen LogP contribution in [-0.2, 0) is 6.42 Å². The summed E-state index contributed by atoms with van der Waals surface area (Å²) in [4.78, 5) is 0.584. The van der Waals surface area contributed by atoms with Crippen molar-refractivity contribution in [2.75, 3.05) is 0 Å². The van der Waals surface area contributed by atoms with E-state index in [-0.39, 0.29) is 0 Å². The summed E-state index contributed by atoms with van der Waals surface area (Å²) in [6.07, 6.45) is 2.33. The smallest absolute Gasteiger partial charge is 0.0191 e. The van der Waals surface area contributed by atoms with E-state index in [1.54, 1.807) is 0 Å². The Morgan fingerprint density at radius 1 is 1.13 bits per heavy atom. The molecule has 0 N–H and O–H groups in total. The summed E-state index contributed by atoms with van der Waals surface area (Å²) in [5, 5.41) is 0. The number of benzene rings is 1. The minimum atomic E-state index is 0.402. The number of alkyl halides is 1. The molecule has 84 valence electrons. The van der Waals surface area contributed by atoms with Crippen molar-refractivity contribution < 1.29 is 0 Å². The van der Waals surface area contributed by atoms with Crippen LogP contribution in [0.2, 0.25) is 0 Å². The molecule has 0 amide bonds. The quantitative estimate of drug-likeness (QED) is 0.695. The summed E-state index contributed by atoms with van der Waals surface area (Å²) in [7, 11) is 0. The van der Waals surface area contributed by atoms with Gasteiger partial charge in [-0.2, -0.15) is 0 Å². The van der Waals surface area contributed by atoms with Gasteiger partial charge in [0.05, 0.1) is 0 Å². The number of halogens is 1. The van der Waals surface area contributed by atoms with E-state index in [9.17, 15) is 0 Å². The van der Waals surface area contributed by atoms with Gasteiger partial charge in [-0.25, -0.2) is 0 Å². The highest BCUT2D eigenvalue weighted by molar-refractivity contribution is 9.09. The Morgan fingerprint density at radius 3 is 2.13 bits per heavy atom. The van der Waals surface area contributed by atoms with E-state index in [2.05, 4.69) is 67.9 Å². The first-order valence-corrected chi connectivity index (χ1v) is 6.48. The summed E-state index contributed by atoms with van der Waals surface area (Å²) in [5.41, 5.74) is 3.16. The summed E-state index contributed by atoms with van der Waals surface area (Å²) in [5.74, 6) is 0. The average Bonchev–Trinajstić information content (AvgIpc) is 2.05. The molecule has 0 aromatic heterocycles. The van der Waals surface area contributed by atoms with E-state index in [1.807, 2.05) is 0 Å². The van der Waals surface area contributed by atoms with Gasteiger partial charge in [-0.15, -0.1) is 0 Å². The normalized spacial score (nSPS) is 13.9. The van der Waals surface area contributed by atoms with Crippen LogP contribution in [0.25, 0.3) is 0 Å². The summed E-state index contributed by atoms with van der Waals surface area (Å²) in [6, 6.07) is 8.83. The van der Waals surface area contributed by atoms with Gasteiger partial charge in [0.25, 0.3) is 0 Å². The molecule has 1 aromatic rings. The van der Waals surface area contributed by atoms with Crippen molar-refractivity contribution in [1.29, 1.82) is 0 Å². The van der Waals surface area contributed by atoms with E-state index in [1.165, 1.54) is 17.5 Å². The van der Waals surface area contributed by atoms with Gasteiger partial charge in [-0.1, -0.05) is 66.5 Å². The zero-order valence-corrected chi connectivity index (χ0v) is 11.8. The lowest BCUT2D eigenvalue weighted by molar-refractivity contribution is 0.373. The summed E-state index contributed by atoms with van der Waals surface area (Å²) >= 11 is 3.77. The predicted molar refractivity (Wildman–Crippen MR) is 71.7 cm³/mol. The third-order valence-electron chi connectivity index (χ3n) is 2.41. The number of rotatable bonds is 3. The van der Waals surface area contributed by atoms with Crippen LogP contribution < -0.4 is 0 Å². The maximum atomic E-state index is 3.77. The van der Waals surface area contributed by atoms with Gasteiger partial charge < -0.3 is 0 Å². The Morgan fingerprint density at radius 2 is 1.67 bits per heavy atom. The van der Waals surface area contributed by atoms with E-state index < -0.39 is 0 Å². The molecule has 0 radical (unpaired) electrons. The predicted octanol–water partition coefficient (Wildman–Crippen LogP) is 4.74. The first-order valence-electron chi connectivity index (χ1n) is 5.56. The number of aryl methyl sites for hydroxylation is 1. The molecule has 15 heavy (non-hydrogen) atoms. The van der Waals surface area contributed by atoms with Gasteiger partial charge in [-0.05, 0) is 30.7 Å². The molecule has 0 aliphatic carbocycles. The second-order valence-electron chi connectivity index (χ2n) is 5.55. The molecule has 0 aliphatic heterocycles. The second-order valence-corrected chi connectivity index (χ2v) is 6.85. The second kappa shape index (κ2) is 5.16. The molecule has 1 aromatic carbocycles. The van der Waals surface area contributed by atoms with E-state index in [0.29, 0.717) is 10.2 Å². The highest BCUT2D eigenvalue weighted by Gasteiger charge is 2.16. The van der Waals surface area contributed by atoms with Crippen molar-refractivity contribution in [1.82, 2.24) is 0 Å². The van der Waals surface area contributed by atoms with Crippen LogP contribution in [0.4, 0.5) is 0 Å². The molecule has 0 heterocycles. The molecule has 1 atom stereocenters. The topological polar surface area (TPSA) is 0 Å². The third-order valence-corrected chi connectivity index (χ3v) is 3.06. The maximum absolute atomic E-state index is 3.77. The van der Waals surface area contributed by atoms with Crippen LogP contribution >= 0.6 is 15.9 Å². The minimum Gasteiger partial charge on any atom is -0.0887 e. The van der Waals surface area contributed by atoms with Gasteiger partial charge in [0.2, 0.25) is 0 Å². The molecule has 1 heteroatoms. The van der Waals surface area contributed by atoms with Gasteiger partial charge in [0.1, 0.15) is 0 Å². The molecule has 0 fully saturated rings. The Labute approximate surface area is 102 Å². The van der Waals surface area contributed by atoms with Crippen LogP contribution in [0, 0.1) is 12.3 Å². The van der Waals surface area contributed by atoms with Crippen LogP contribution in [0.15, 0.2) is 24.3 Å². The van der Waals surface area contributed by atoms with Crippen molar-refractivity contribution in [3.05, 3.63) is 35.4 Å². The standard InChI is InChI=1S/C14H21Br/c1-11-5-7-12(8-6-11)9-13(15)10-14(2,3)4/h5-8,13H,9-10H2,1-4H3. The van der Waals surface area contributed by atoms with Crippen molar-refractivity contribution in [2.24, 2.45) is 5.41 Å². The fourth-order valence-electron chi connectivity index (χ4n) is 1.72. The molecule has 0 spiro atoms. The van der Waals surface area contributed by atoms with Crippen LogP contribution in [0.3, 0.4) is 0 Å². The average molecular weight is 269 g/mol. The monoisotopic (exact) mass is 268 g/mol. The first-order chi connectivity index (χ1) is 6.87. The Hall–Kier alpha value is -0.300. The Bertz CT molecular complexity index is 292. The molecule has 0 nitrogen and oxygen atoms in total. The zero-order chi connectivity index (χ0) is 11.5. The lowest BCUT2D eigenvalue weighted by Crippen LogP contribution is -2.14. The summed E-state index contributed by atoms with van der Waals surface area (Å²) < 4.78 is 0. The lowest BCUT2D eigenvalue weighted by atomic mass is 9.89. The molecule has 0 bridgehead atoms. The number of hydrogen-bond donors (Lipinski definition) is 0. The summed E-state index contributed by atoms with van der Waals surface area (Å²) in [6.45, 7) is 8.99. The Kier molecular flexibility index (Phi) is 4.39. The van der Waals surface area contributed by atoms with E-state index in [0.717, 1.165) is 6.42 Å². The van der Waals surface area contributed by atoms with Crippen molar-refractivity contribution in [3.8, 4) is 0 Å². The van der Waals surface area contributed by atoms with Crippen LogP contribution in [0.5, 0.6) is 0 Å².